The molecule has 0 aromatic heterocycles. The second-order valence-corrected chi connectivity index (χ2v) is 7.04. The van der Waals surface area contributed by atoms with Crippen molar-refractivity contribution in [2.24, 2.45) is 0 Å². The molecule has 0 bridgehead atoms. The highest BCUT2D eigenvalue weighted by atomic mass is 32.2. The van der Waals surface area contributed by atoms with E-state index in [1.807, 2.05) is 0 Å². The lowest BCUT2D eigenvalue weighted by Gasteiger charge is -2.17. The van der Waals surface area contributed by atoms with E-state index in [0.29, 0.717) is 37.3 Å². The van der Waals surface area contributed by atoms with Gasteiger partial charge >= 0.3 is 0 Å². The van der Waals surface area contributed by atoms with Crippen LogP contribution < -0.4 is 14.9 Å². The summed E-state index contributed by atoms with van der Waals surface area (Å²) in [5.41, 5.74) is 1.02. The van der Waals surface area contributed by atoms with Gasteiger partial charge in [-0.3, -0.25) is 13.9 Å². The van der Waals surface area contributed by atoms with Gasteiger partial charge in [-0.1, -0.05) is 0 Å². The van der Waals surface area contributed by atoms with E-state index in [4.69, 9.17) is 0 Å². The van der Waals surface area contributed by atoms with Crippen LogP contribution in [0.25, 0.3) is 0 Å². The first kappa shape index (κ1) is 16.3. The minimum absolute atomic E-state index is 0.148. The summed E-state index contributed by atoms with van der Waals surface area (Å²) in [5.74, 6) is -0.245. The van der Waals surface area contributed by atoms with Gasteiger partial charge < -0.3 is 10.6 Å². The largest absolute Gasteiger partial charge is 0.355 e. The monoisotopic (exact) mass is 325 g/mol. The zero-order valence-corrected chi connectivity index (χ0v) is 13.1. The highest BCUT2D eigenvalue weighted by Gasteiger charge is 2.28. The van der Waals surface area contributed by atoms with Crippen molar-refractivity contribution in [1.29, 1.82) is 0 Å². The molecule has 2 amide bonds. The number of nitrogens with one attached hydrogen (secondary N) is 2. The predicted molar refractivity (Wildman–Crippen MR) is 83.2 cm³/mol. The molecule has 120 valence electrons. The summed E-state index contributed by atoms with van der Waals surface area (Å²) in [6.45, 7) is 2.59. The smallest absolute Gasteiger partial charge is 0.251 e. The number of anilines is 1. The molecular formula is C14H19N3O4S. The lowest BCUT2D eigenvalue weighted by atomic mass is 10.2. The average Bonchev–Trinajstić information content (AvgIpc) is 2.83. The number of hydrogen-bond donors (Lipinski definition) is 2. The molecule has 0 atom stereocenters. The molecule has 22 heavy (non-hydrogen) atoms. The zero-order chi connectivity index (χ0) is 16.2. The molecule has 1 aromatic carbocycles. The van der Waals surface area contributed by atoms with Crippen LogP contribution in [-0.4, -0.2) is 45.6 Å². The quantitative estimate of drug-likeness (QED) is 0.750. The Labute approximate surface area is 129 Å². The molecule has 1 aliphatic rings. The topological polar surface area (TPSA) is 95.6 Å². The van der Waals surface area contributed by atoms with E-state index in [1.165, 1.54) is 11.2 Å². The van der Waals surface area contributed by atoms with Crippen LogP contribution in [0.15, 0.2) is 24.3 Å². The Morgan fingerprint density at radius 1 is 1.14 bits per heavy atom. The number of rotatable bonds is 5. The Morgan fingerprint density at radius 3 is 2.32 bits per heavy atom. The van der Waals surface area contributed by atoms with Crippen LogP contribution >= 0.6 is 0 Å². The Hall–Kier alpha value is -2.09. The highest BCUT2D eigenvalue weighted by molar-refractivity contribution is 7.93. The van der Waals surface area contributed by atoms with Gasteiger partial charge in [0.25, 0.3) is 5.91 Å². The van der Waals surface area contributed by atoms with E-state index in [0.717, 1.165) is 0 Å². The molecule has 0 radical (unpaired) electrons. The summed E-state index contributed by atoms with van der Waals surface area (Å²) in [6, 6.07) is 6.45. The van der Waals surface area contributed by atoms with E-state index >= 15 is 0 Å². The van der Waals surface area contributed by atoms with Gasteiger partial charge in [0, 0.05) is 32.1 Å². The second-order valence-electron chi connectivity index (χ2n) is 5.03. The van der Waals surface area contributed by atoms with Crippen molar-refractivity contribution >= 4 is 27.5 Å². The number of carbonyl (C=O) groups excluding carboxylic acids is 2. The van der Waals surface area contributed by atoms with E-state index in [1.54, 1.807) is 24.3 Å². The molecular weight excluding hydrogens is 306 g/mol. The van der Waals surface area contributed by atoms with Crippen LogP contribution in [0, 0.1) is 0 Å². The van der Waals surface area contributed by atoms with Crippen molar-refractivity contribution in [3.05, 3.63) is 29.8 Å². The highest BCUT2D eigenvalue weighted by Crippen LogP contribution is 2.24. The van der Waals surface area contributed by atoms with Gasteiger partial charge in [-0.15, -0.1) is 0 Å². The van der Waals surface area contributed by atoms with Crippen molar-refractivity contribution in [3.63, 3.8) is 0 Å². The van der Waals surface area contributed by atoms with E-state index in [9.17, 15) is 18.0 Å². The molecule has 0 aliphatic carbocycles. The van der Waals surface area contributed by atoms with Crippen LogP contribution in [0.1, 0.15) is 23.7 Å². The third-order valence-electron chi connectivity index (χ3n) is 3.30. The first-order valence-corrected chi connectivity index (χ1v) is 8.64. The zero-order valence-electron chi connectivity index (χ0n) is 12.3. The Bertz CT molecular complexity index is 655. The van der Waals surface area contributed by atoms with Crippen LogP contribution in [0.2, 0.25) is 0 Å². The standard InChI is InChI=1S/C14H19N3O4S/c1-11(18)15-7-8-16-14(19)12-3-5-13(6-4-12)17-9-2-10-22(17,20)21/h3-6H,2,7-10H2,1H3,(H,15,18)(H,16,19). The van der Waals surface area contributed by atoms with Gasteiger partial charge in [0.15, 0.2) is 0 Å². The number of benzene rings is 1. The Balaban J connectivity index is 1.94. The maximum Gasteiger partial charge on any atom is 0.251 e. The van der Waals surface area contributed by atoms with Crippen LogP contribution in [0.3, 0.4) is 0 Å². The average molecular weight is 325 g/mol. The van der Waals surface area contributed by atoms with Crippen molar-refractivity contribution in [3.8, 4) is 0 Å². The van der Waals surface area contributed by atoms with Crippen LogP contribution in [0.5, 0.6) is 0 Å². The summed E-state index contributed by atoms with van der Waals surface area (Å²) in [4.78, 5) is 22.6. The summed E-state index contributed by atoms with van der Waals surface area (Å²) in [7, 11) is -3.21. The van der Waals surface area contributed by atoms with Gasteiger partial charge in [0.1, 0.15) is 0 Å². The second kappa shape index (κ2) is 6.78. The molecule has 0 unspecified atom stereocenters. The molecule has 2 N–H and O–H groups in total. The minimum atomic E-state index is -3.21. The minimum Gasteiger partial charge on any atom is -0.355 e. The third kappa shape index (κ3) is 3.97. The predicted octanol–water partition coefficient (Wildman–Crippen LogP) is 0.0924. The number of sulfonamides is 1. The molecule has 2 rings (SSSR count). The molecule has 0 spiro atoms. The lowest BCUT2D eigenvalue weighted by Crippen LogP contribution is -2.33. The summed E-state index contributed by atoms with van der Waals surface area (Å²) < 4.78 is 25.0. The summed E-state index contributed by atoms with van der Waals surface area (Å²) in [6.07, 6.45) is 0.619. The first-order valence-electron chi connectivity index (χ1n) is 7.03. The van der Waals surface area contributed by atoms with Crippen molar-refractivity contribution < 1.29 is 18.0 Å². The normalized spacial score (nSPS) is 16.3. The molecule has 1 fully saturated rings. The molecule has 8 heteroatoms. The maximum absolute atomic E-state index is 11.9. The Kier molecular flexibility index (Phi) is 5.02. The van der Waals surface area contributed by atoms with Crippen molar-refractivity contribution in [2.75, 3.05) is 29.7 Å². The fraction of sp³-hybridized carbons (Fsp3) is 0.429. The SMILES string of the molecule is CC(=O)NCCNC(=O)c1ccc(N2CCCS2(=O)=O)cc1. The number of amides is 2. The van der Waals surface area contributed by atoms with Crippen LogP contribution in [-0.2, 0) is 14.8 Å². The van der Waals surface area contributed by atoms with Crippen molar-refractivity contribution in [2.45, 2.75) is 13.3 Å². The molecule has 1 aromatic rings. The van der Waals surface area contributed by atoms with Gasteiger partial charge in [-0.05, 0) is 30.7 Å². The maximum atomic E-state index is 11.9. The third-order valence-corrected chi connectivity index (χ3v) is 5.17. The van der Waals surface area contributed by atoms with E-state index < -0.39 is 10.0 Å². The van der Waals surface area contributed by atoms with Crippen LogP contribution in [0.4, 0.5) is 5.69 Å². The molecule has 1 heterocycles. The Morgan fingerprint density at radius 2 is 1.77 bits per heavy atom. The molecule has 1 saturated heterocycles. The van der Waals surface area contributed by atoms with Crippen molar-refractivity contribution in [1.82, 2.24) is 10.6 Å². The number of nitrogens with zero attached hydrogens (tertiary/aromatic N) is 1. The lowest BCUT2D eigenvalue weighted by molar-refractivity contribution is -0.118. The van der Waals surface area contributed by atoms with Gasteiger partial charge in [-0.25, -0.2) is 8.42 Å². The number of carbonyl (C=O) groups is 2. The van der Waals surface area contributed by atoms with E-state index in [2.05, 4.69) is 10.6 Å². The summed E-state index contributed by atoms with van der Waals surface area (Å²) in [5, 5.41) is 5.25. The van der Waals surface area contributed by atoms with Gasteiger partial charge in [0.2, 0.25) is 15.9 Å². The molecule has 7 nitrogen and oxygen atoms in total. The fourth-order valence-electron chi connectivity index (χ4n) is 2.23. The van der Waals surface area contributed by atoms with Gasteiger partial charge in [0.05, 0.1) is 11.4 Å². The molecule has 0 saturated carbocycles. The number of hydrogen-bond acceptors (Lipinski definition) is 4. The van der Waals surface area contributed by atoms with E-state index in [-0.39, 0.29) is 17.6 Å². The molecule has 1 aliphatic heterocycles. The first-order chi connectivity index (χ1) is 10.4. The summed E-state index contributed by atoms with van der Waals surface area (Å²) >= 11 is 0. The fourth-order valence-corrected chi connectivity index (χ4v) is 3.79. The van der Waals surface area contributed by atoms with Gasteiger partial charge in [-0.2, -0.15) is 0 Å².